The van der Waals surface area contributed by atoms with Crippen LogP contribution in [0.4, 0.5) is 0 Å². The largest absolute Gasteiger partial charge is 0.375 e. The summed E-state index contributed by atoms with van der Waals surface area (Å²) < 4.78 is 5.92. The van der Waals surface area contributed by atoms with E-state index >= 15 is 0 Å². The summed E-state index contributed by atoms with van der Waals surface area (Å²) in [7, 11) is 0. The minimum absolute atomic E-state index is 0.338. The molecule has 3 heteroatoms. The summed E-state index contributed by atoms with van der Waals surface area (Å²) in [5.41, 5.74) is 0.338. The molecule has 0 bridgehead atoms. The molecule has 1 aliphatic heterocycles. The molecular weight excluding hydrogens is 272 g/mol. The second-order valence-corrected chi connectivity index (χ2v) is 8.62. The maximum Gasteiger partial charge on any atom is 0.0608 e. The van der Waals surface area contributed by atoms with Gasteiger partial charge in [0.25, 0.3) is 0 Å². The van der Waals surface area contributed by atoms with Crippen molar-refractivity contribution in [1.29, 1.82) is 0 Å². The van der Waals surface area contributed by atoms with Crippen LogP contribution < -0.4 is 0 Å². The minimum atomic E-state index is 0.338. The predicted octanol–water partition coefficient (Wildman–Crippen LogP) is 3.77. The summed E-state index contributed by atoms with van der Waals surface area (Å²) in [4.78, 5) is 5.37. The normalized spacial score (nSPS) is 28.4. The molecule has 1 saturated heterocycles. The molecule has 22 heavy (non-hydrogen) atoms. The van der Waals surface area contributed by atoms with Gasteiger partial charge in [0.2, 0.25) is 0 Å². The van der Waals surface area contributed by atoms with Crippen molar-refractivity contribution in [2.45, 2.75) is 91.0 Å². The van der Waals surface area contributed by atoms with Crippen LogP contribution in [0.1, 0.15) is 67.2 Å². The van der Waals surface area contributed by atoms with E-state index in [1.54, 1.807) is 0 Å². The highest BCUT2D eigenvalue weighted by Gasteiger charge is 2.35. The van der Waals surface area contributed by atoms with E-state index in [1.807, 2.05) is 0 Å². The fourth-order valence-electron chi connectivity index (χ4n) is 3.99. The first-order valence-corrected chi connectivity index (χ1v) is 9.44. The Morgan fingerprint density at radius 3 is 2.18 bits per heavy atom. The van der Waals surface area contributed by atoms with Crippen LogP contribution in [0.15, 0.2) is 0 Å². The Labute approximate surface area is 138 Å². The first-order chi connectivity index (χ1) is 10.3. The molecule has 2 fully saturated rings. The van der Waals surface area contributed by atoms with Gasteiger partial charge in [-0.05, 0) is 85.9 Å². The molecule has 0 aromatic rings. The molecule has 1 saturated carbocycles. The third-order valence-corrected chi connectivity index (χ3v) is 5.51. The van der Waals surface area contributed by atoms with Crippen LogP contribution in [0, 0.1) is 5.92 Å². The van der Waals surface area contributed by atoms with Crippen molar-refractivity contribution in [3.63, 3.8) is 0 Å². The molecule has 0 atom stereocenters. The quantitative estimate of drug-likeness (QED) is 0.742. The maximum absolute atomic E-state index is 5.92. The maximum atomic E-state index is 5.92. The fraction of sp³-hybridized carbons (Fsp3) is 1.00. The second-order valence-electron chi connectivity index (χ2n) is 8.62. The Kier molecular flexibility index (Phi) is 6.32. The summed E-state index contributed by atoms with van der Waals surface area (Å²) in [5.74, 6) is 0.892. The molecule has 2 rings (SSSR count). The van der Waals surface area contributed by atoms with Gasteiger partial charge in [0, 0.05) is 18.1 Å². The van der Waals surface area contributed by atoms with Crippen molar-refractivity contribution in [2.24, 2.45) is 5.92 Å². The number of rotatable bonds is 6. The Hall–Kier alpha value is -0.120. The molecule has 2 aliphatic rings. The lowest BCUT2D eigenvalue weighted by molar-refractivity contribution is -0.0795. The molecule has 0 unspecified atom stereocenters. The second kappa shape index (κ2) is 7.63. The van der Waals surface area contributed by atoms with E-state index in [1.165, 1.54) is 51.9 Å². The molecule has 0 radical (unpaired) electrons. The third-order valence-electron chi connectivity index (χ3n) is 5.51. The molecule has 1 aliphatic carbocycles. The lowest BCUT2D eigenvalue weighted by Gasteiger charge is -2.46. The van der Waals surface area contributed by atoms with Gasteiger partial charge >= 0.3 is 0 Å². The number of hydrogen-bond donors (Lipinski definition) is 0. The van der Waals surface area contributed by atoms with Crippen LogP contribution in [-0.2, 0) is 4.74 Å². The van der Waals surface area contributed by atoms with Crippen LogP contribution in [-0.4, -0.2) is 59.8 Å². The van der Waals surface area contributed by atoms with Gasteiger partial charge in [0.1, 0.15) is 0 Å². The van der Waals surface area contributed by atoms with Crippen molar-refractivity contribution in [3.8, 4) is 0 Å². The summed E-state index contributed by atoms with van der Waals surface area (Å²) in [6, 6.07) is 0.773. The van der Waals surface area contributed by atoms with E-state index in [2.05, 4.69) is 51.3 Å². The summed E-state index contributed by atoms with van der Waals surface area (Å²) in [6.45, 7) is 18.7. The minimum Gasteiger partial charge on any atom is -0.375 e. The first-order valence-electron chi connectivity index (χ1n) is 9.44. The van der Waals surface area contributed by atoms with Crippen molar-refractivity contribution >= 4 is 0 Å². The van der Waals surface area contributed by atoms with Gasteiger partial charge < -0.3 is 9.64 Å². The van der Waals surface area contributed by atoms with Gasteiger partial charge in [-0.2, -0.15) is 0 Å². The SMILES string of the molecule is CCN(CC1CCN(C(C)(C)C)CC1)C1CC(OC(C)C)C1. The molecule has 0 aromatic carbocycles. The molecule has 0 N–H and O–H groups in total. The Balaban J connectivity index is 1.72. The highest BCUT2D eigenvalue weighted by atomic mass is 16.5. The molecule has 0 aromatic heterocycles. The van der Waals surface area contributed by atoms with Crippen LogP contribution >= 0.6 is 0 Å². The van der Waals surface area contributed by atoms with E-state index in [9.17, 15) is 0 Å². The predicted molar refractivity (Wildman–Crippen MR) is 94.3 cm³/mol. The van der Waals surface area contributed by atoms with Gasteiger partial charge in [-0.15, -0.1) is 0 Å². The van der Waals surface area contributed by atoms with E-state index in [0.29, 0.717) is 17.7 Å². The van der Waals surface area contributed by atoms with Crippen molar-refractivity contribution in [1.82, 2.24) is 9.80 Å². The topological polar surface area (TPSA) is 15.7 Å². The number of hydrogen-bond acceptors (Lipinski definition) is 3. The van der Waals surface area contributed by atoms with Crippen LogP contribution in [0.5, 0.6) is 0 Å². The monoisotopic (exact) mass is 310 g/mol. The summed E-state index contributed by atoms with van der Waals surface area (Å²) in [5, 5.41) is 0. The van der Waals surface area contributed by atoms with Gasteiger partial charge in [-0.3, -0.25) is 4.90 Å². The van der Waals surface area contributed by atoms with E-state index in [0.717, 1.165) is 12.0 Å². The first kappa shape index (κ1) is 18.2. The van der Waals surface area contributed by atoms with E-state index in [4.69, 9.17) is 4.74 Å². The molecular formula is C19H38N2O. The lowest BCUT2D eigenvalue weighted by Crippen LogP contribution is -2.52. The van der Waals surface area contributed by atoms with Gasteiger partial charge in [0.05, 0.1) is 12.2 Å². The van der Waals surface area contributed by atoms with Crippen molar-refractivity contribution < 1.29 is 4.74 Å². The fourth-order valence-corrected chi connectivity index (χ4v) is 3.99. The van der Waals surface area contributed by atoms with Crippen LogP contribution in [0.2, 0.25) is 0 Å². The number of likely N-dealkylation sites (tertiary alicyclic amines) is 1. The molecule has 1 heterocycles. The van der Waals surface area contributed by atoms with E-state index < -0.39 is 0 Å². The van der Waals surface area contributed by atoms with E-state index in [-0.39, 0.29) is 0 Å². The molecule has 0 spiro atoms. The Morgan fingerprint density at radius 1 is 1.14 bits per heavy atom. The van der Waals surface area contributed by atoms with Crippen LogP contribution in [0.25, 0.3) is 0 Å². The van der Waals surface area contributed by atoms with Crippen molar-refractivity contribution in [3.05, 3.63) is 0 Å². The molecule has 0 amide bonds. The standard InChI is InChI=1S/C19H38N2O/c1-7-20(17-12-18(13-17)22-15(2)3)14-16-8-10-21(11-9-16)19(4,5)6/h15-18H,7-14H2,1-6H3. The Morgan fingerprint density at radius 2 is 1.73 bits per heavy atom. The number of ether oxygens (including phenoxy) is 1. The highest BCUT2D eigenvalue weighted by molar-refractivity contribution is 4.90. The van der Waals surface area contributed by atoms with Gasteiger partial charge in [-0.25, -0.2) is 0 Å². The van der Waals surface area contributed by atoms with Gasteiger partial charge in [0.15, 0.2) is 0 Å². The zero-order valence-electron chi connectivity index (χ0n) is 15.8. The third kappa shape index (κ3) is 4.94. The number of nitrogens with zero attached hydrogens (tertiary/aromatic N) is 2. The lowest BCUT2D eigenvalue weighted by atomic mass is 9.85. The van der Waals surface area contributed by atoms with Crippen LogP contribution in [0.3, 0.4) is 0 Å². The average molecular weight is 311 g/mol. The zero-order valence-corrected chi connectivity index (χ0v) is 15.8. The Bertz CT molecular complexity index is 323. The zero-order chi connectivity index (χ0) is 16.3. The summed E-state index contributed by atoms with van der Waals surface area (Å²) >= 11 is 0. The highest BCUT2D eigenvalue weighted by Crippen LogP contribution is 2.31. The molecule has 3 nitrogen and oxygen atoms in total. The van der Waals surface area contributed by atoms with Gasteiger partial charge in [-0.1, -0.05) is 6.92 Å². The average Bonchev–Trinajstić information content (AvgIpc) is 2.39. The number of piperidine rings is 1. The summed E-state index contributed by atoms with van der Waals surface area (Å²) in [6.07, 6.45) is 6.11. The van der Waals surface area contributed by atoms with Crippen molar-refractivity contribution in [2.75, 3.05) is 26.2 Å². The smallest absolute Gasteiger partial charge is 0.0608 e. The molecule has 130 valence electrons.